The van der Waals surface area contributed by atoms with Crippen molar-refractivity contribution in [1.29, 1.82) is 0 Å². The highest BCUT2D eigenvalue weighted by atomic mass is 15.1. The third kappa shape index (κ3) is 3.82. The molecule has 1 aliphatic heterocycles. The van der Waals surface area contributed by atoms with Crippen molar-refractivity contribution in [3.8, 4) is 0 Å². The van der Waals surface area contributed by atoms with Gasteiger partial charge in [-0.1, -0.05) is 38.1 Å². The molecule has 1 unspecified atom stereocenters. The van der Waals surface area contributed by atoms with Gasteiger partial charge in [0.1, 0.15) is 0 Å². The number of hydrogen-bond acceptors (Lipinski definition) is 2. The van der Waals surface area contributed by atoms with Crippen LogP contribution in [0.15, 0.2) is 24.3 Å². The van der Waals surface area contributed by atoms with Crippen LogP contribution in [0, 0.1) is 5.92 Å². The standard InChI is InChI=1S/C16H26N2/c1-13(2)11-16(17)12-18-9-7-14-5-3-4-6-15(14)8-10-18/h3-6,13,16H,7-12,17H2,1-2H3. The summed E-state index contributed by atoms with van der Waals surface area (Å²) in [6.45, 7) is 7.86. The van der Waals surface area contributed by atoms with Gasteiger partial charge in [-0.3, -0.25) is 0 Å². The molecule has 0 radical (unpaired) electrons. The zero-order chi connectivity index (χ0) is 13.0. The van der Waals surface area contributed by atoms with E-state index in [0.717, 1.165) is 26.1 Å². The van der Waals surface area contributed by atoms with E-state index in [9.17, 15) is 0 Å². The molecule has 0 spiro atoms. The van der Waals surface area contributed by atoms with Crippen LogP contribution in [0.25, 0.3) is 0 Å². The maximum Gasteiger partial charge on any atom is 0.0170 e. The molecule has 2 rings (SSSR count). The van der Waals surface area contributed by atoms with Crippen molar-refractivity contribution >= 4 is 0 Å². The molecule has 0 aromatic heterocycles. The van der Waals surface area contributed by atoms with E-state index in [1.54, 1.807) is 0 Å². The fourth-order valence-electron chi connectivity index (χ4n) is 2.91. The van der Waals surface area contributed by atoms with Crippen LogP contribution in [0.3, 0.4) is 0 Å². The lowest BCUT2D eigenvalue weighted by atomic mass is 10.0. The Balaban J connectivity index is 1.88. The van der Waals surface area contributed by atoms with E-state index in [-0.39, 0.29) is 0 Å². The van der Waals surface area contributed by atoms with Crippen molar-refractivity contribution in [1.82, 2.24) is 4.90 Å². The zero-order valence-electron chi connectivity index (χ0n) is 11.7. The van der Waals surface area contributed by atoms with E-state index in [1.807, 2.05) is 0 Å². The van der Waals surface area contributed by atoms with Crippen molar-refractivity contribution in [2.75, 3.05) is 19.6 Å². The highest BCUT2D eigenvalue weighted by Crippen LogP contribution is 2.16. The minimum Gasteiger partial charge on any atom is -0.327 e. The summed E-state index contributed by atoms with van der Waals surface area (Å²) in [7, 11) is 0. The van der Waals surface area contributed by atoms with Crippen molar-refractivity contribution in [2.24, 2.45) is 11.7 Å². The number of nitrogens with zero attached hydrogens (tertiary/aromatic N) is 1. The van der Waals surface area contributed by atoms with Gasteiger partial charge in [-0.2, -0.15) is 0 Å². The van der Waals surface area contributed by atoms with Crippen LogP contribution < -0.4 is 5.73 Å². The molecule has 100 valence electrons. The van der Waals surface area contributed by atoms with Gasteiger partial charge in [0, 0.05) is 25.7 Å². The van der Waals surface area contributed by atoms with Gasteiger partial charge >= 0.3 is 0 Å². The van der Waals surface area contributed by atoms with Gasteiger partial charge < -0.3 is 10.6 Å². The third-order valence-electron chi connectivity index (χ3n) is 3.78. The topological polar surface area (TPSA) is 29.3 Å². The number of fused-ring (bicyclic) bond motifs is 1. The smallest absolute Gasteiger partial charge is 0.0170 e. The minimum absolute atomic E-state index is 0.325. The van der Waals surface area contributed by atoms with Gasteiger partial charge in [0.05, 0.1) is 0 Å². The van der Waals surface area contributed by atoms with Crippen molar-refractivity contribution in [3.63, 3.8) is 0 Å². The average Bonchev–Trinajstić information content (AvgIpc) is 2.51. The summed E-state index contributed by atoms with van der Waals surface area (Å²) in [5.74, 6) is 0.698. The van der Waals surface area contributed by atoms with Gasteiger partial charge in [-0.05, 0) is 36.3 Å². The number of nitrogens with two attached hydrogens (primary N) is 1. The molecule has 0 saturated carbocycles. The van der Waals surface area contributed by atoms with Crippen LogP contribution in [0.1, 0.15) is 31.4 Å². The lowest BCUT2D eigenvalue weighted by Gasteiger charge is -2.24. The van der Waals surface area contributed by atoms with E-state index in [0.29, 0.717) is 12.0 Å². The van der Waals surface area contributed by atoms with Crippen LogP contribution in [0.4, 0.5) is 0 Å². The van der Waals surface area contributed by atoms with Crippen molar-refractivity contribution < 1.29 is 0 Å². The molecule has 0 saturated heterocycles. The van der Waals surface area contributed by atoms with Gasteiger partial charge in [-0.15, -0.1) is 0 Å². The third-order valence-corrected chi connectivity index (χ3v) is 3.78. The molecule has 1 aromatic rings. The van der Waals surface area contributed by atoms with Crippen LogP contribution in [-0.2, 0) is 12.8 Å². The lowest BCUT2D eigenvalue weighted by molar-refractivity contribution is 0.256. The number of hydrogen-bond donors (Lipinski definition) is 1. The summed E-state index contributed by atoms with van der Waals surface area (Å²) >= 11 is 0. The monoisotopic (exact) mass is 246 g/mol. The fraction of sp³-hybridized carbons (Fsp3) is 0.625. The van der Waals surface area contributed by atoms with E-state index in [1.165, 1.54) is 24.0 Å². The molecule has 1 aliphatic rings. The summed E-state index contributed by atoms with van der Waals surface area (Å²) in [6.07, 6.45) is 3.47. The molecule has 2 N–H and O–H groups in total. The maximum atomic E-state index is 6.22. The largest absolute Gasteiger partial charge is 0.327 e. The van der Waals surface area contributed by atoms with E-state index in [4.69, 9.17) is 5.73 Å². The first-order valence-corrected chi connectivity index (χ1v) is 7.20. The molecule has 0 aliphatic carbocycles. The summed E-state index contributed by atoms with van der Waals surface area (Å²) in [4.78, 5) is 2.53. The molecular formula is C16H26N2. The van der Waals surface area contributed by atoms with E-state index >= 15 is 0 Å². The first kappa shape index (κ1) is 13.6. The molecular weight excluding hydrogens is 220 g/mol. The van der Waals surface area contributed by atoms with Gasteiger partial charge in [0.25, 0.3) is 0 Å². The van der Waals surface area contributed by atoms with Crippen molar-refractivity contribution in [2.45, 2.75) is 39.2 Å². The normalized spacial score (nSPS) is 18.4. The molecule has 0 bridgehead atoms. The molecule has 0 fully saturated rings. The number of rotatable bonds is 4. The first-order chi connectivity index (χ1) is 8.65. The first-order valence-electron chi connectivity index (χ1n) is 7.20. The lowest BCUT2D eigenvalue weighted by Crippen LogP contribution is -2.39. The van der Waals surface area contributed by atoms with Gasteiger partial charge in [-0.25, -0.2) is 0 Å². The highest BCUT2D eigenvalue weighted by Gasteiger charge is 2.16. The number of benzene rings is 1. The maximum absolute atomic E-state index is 6.22. The fourth-order valence-corrected chi connectivity index (χ4v) is 2.91. The molecule has 1 atom stereocenters. The summed E-state index contributed by atoms with van der Waals surface area (Å²) in [5, 5.41) is 0. The zero-order valence-corrected chi connectivity index (χ0v) is 11.7. The van der Waals surface area contributed by atoms with E-state index < -0.39 is 0 Å². The van der Waals surface area contributed by atoms with Crippen LogP contribution in [0.2, 0.25) is 0 Å². The molecule has 1 heterocycles. The average molecular weight is 246 g/mol. The Morgan fingerprint density at radius 1 is 1.11 bits per heavy atom. The SMILES string of the molecule is CC(C)CC(N)CN1CCc2ccccc2CC1. The second kappa shape index (κ2) is 6.35. The van der Waals surface area contributed by atoms with Crippen LogP contribution >= 0.6 is 0 Å². The molecule has 1 aromatic carbocycles. The second-order valence-electron chi connectivity index (χ2n) is 5.96. The minimum atomic E-state index is 0.325. The summed E-state index contributed by atoms with van der Waals surface area (Å²) < 4.78 is 0. The Bertz CT molecular complexity index is 346. The Kier molecular flexibility index (Phi) is 4.79. The second-order valence-corrected chi connectivity index (χ2v) is 5.96. The predicted molar refractivity (Wildman–Crippen MR) is 77.7 cm³/mol. The highest BCUT2D eigenvalue weighted by molar-refractivity contribution is 5.28. The van der Waals surface area contributed by atoms with E-state index in [2.05, 4.69) is 43.0 Å². The van der Waals surface area contributed by atoms with Crippen LogP contribution in [-0.4, -0.2) is 30.6 Å². The Morgan fingerprint density at radius 2 is 1.67 bits per heavy atom. The predicted octanol–water partition coefficient (Wildman–Crippen LogP) is 2.46. The van der Waals surface area contributed by atoms with Gasteiger partial charge in [0.2, 0.25) is 0 Å². The molecule has 2 nitrogen and oxygen atoms in total. The summed E-state index contributed by atoms with van der Waals surface area (Å²) in [5.41, 5.74) is 9.27. The summed E-state index contributed by atoms with van der Waals surface area (Å²) in [6, 6.07) is 9.17. The molecule has 18 heavy (non-hydrogen) atoms. The Hall–Kier alpha value is -0.860. The Labute approximate surface area is 111 Å². The van der Waals surface area contributed by atoms with Gasteiger partial charge in [0.15, 0.2) is 0 Å². The Morgan fingerprint density at radius 3 is 2.17 bits per heavy atom. The molecule has 0 amide bonds. The van der Waals surface area contributed by atoms with Crippen molar-refractivity contribution in [3.05, 3.63) is 35.4 Å². The quantitative estimate of drug-likeness (QED) is 0.884. The molecule has 2 heteroatoms. The van der Waals surface area contributed by atoms with Crippen LogP contribution in [0.5, 0.6) is 0 Å².